The van der Waals surface area contributed by atoms with Gasteiger partial charge in [0.05, 0.1) is 5.41 Å². The van der Waals surface area contributed by atoms with Crippen LogP contribution in [0.2, 0.25) is 0 Å². The quantitative estimate of drug-likeness (QED) is 0.902. The number of hydrogen-bond acceptors (Lipinski definition) is 1. The van der Waals surface area contributed by atoms with Crippen LogP contribution < -0.4 is 0 Å². The molecule has 0 heterocycles. The van der Waals surface area contributed by atoms with Crippen molar-refractivity contribution < 1.29 is 18.7 Å². The minimum Gasteiger partial charge on any atom is -0.481 e. The molecular formula is C15H18F2O2. The van der Waals surface area contributed by atoms with Crippen molar-refractivity contribution in [2.75, 3.05) is 0 Å². The number of aliphatic carboxylic acids is 1. The van der Waals surface area contributed by atoms with Gasteiger partial charge in [0, 0.05) is 6.42 Å². The fourth-order valence-electron chi connectivity index (χ4n) is 2.94. The molecule has 0 aromatic heterocycles. The average Bonchev–Trinajstić information content (AvgIpc) is 2.77. The smallest absolute Gasteiger partial charge is 0.314 e. The molecule has 0 amide bonds. The number of carboxylic acid groups (broad SMARTS) is 1. The van der Waals surface area contributed by atoms with E-state index in [0.29, 0.717) is 24.0 Å². The highest BCUT2D eigenvalue weighted by Crippen LogP contribution is 2.41. The summed E-state index contributed by atoms with van der Waals surface area (Å²) in [7, 11) is 0. The fourth-order valence-corrected chi connectivity index (χ4v) is 2.94. The zero-order valence-electron chi connectivity index (χ0n) is 11.0. The molecule has 19 heavy (non-hydrogen) atoms. The number of benzene rings is 1. The van der Waals surface area contributed by atoms with E-state index in [0.717, 1.165) is 19.8 Å². The van der Waals surface area contributed by atoms with Crippen molar-refractivity contribution in [1.29, 1.82) is 0 Å². The summed E-state index contributed by atoms with van der Waals surface area (Å²) in [5.41, 5.74) is 0.288. The first-order valence-electron chi connectivity index (χ1n) is 6.54. The van der Waals surface area contributed by atoms with Gasteiger partial charge in [0.15, 0.2) is 0 Å². The van der Waals surface area contributed by atoms with E-state index in [9.17, 15) is 18.7 Å². The van der Waals surface area contributed by atoms with Crippen molar-refractivity contribution in [3.05, 3.63) is 35.4 Å². The number of carbonyl (C=O) groups is 1. The standard InChI is InChI=1S/C15H18F2O2/c1-14(16,17)10-11-5-4-6-12(9-11)15(13(18)19)7-2-3-8-15/h4-6,9H,2-3,7-8,10H2,1H3,(H,18,19). The summed E-state index contributed by atoms with van der Waals surface area (Å²) < 4.78 is 26.1. The maximum Gasteiger partial charge on any atom is 0.314 e. The Bertz CT molecular complexity index is 471. The van der Waals surface area contributed by atoms with Crippen molar-refractivity contribution in [3.8, 4) is 0 Å². The number of alkyl halides is 2. The van der Waals surface area contributed by atoms with Gasteiger partial charge in [0.1, 0.15) is 0 Å². The van der Waals surface area contributed by atoms with Crippen molar-refractivity contribution in [3.63, 3.8) is 0 Å². The Morgan fingerprint density at radius 3 is 2.53 bits per heavy atom. The molecule has 0 radical (unpaired) electrons. The Morgan fingerprint density at radius 1 is 1.37 bits per heavy atom. The molecule has 1 saturated carbocycles. The molecule has 0 bridgehead atoms. The second-order valence-corrected chi connectivity index (χ2v) is 5.54. The summed E-state index contributed by atoms with van der Waals surface area (Å²) in [5, 5.41) is 9.49. The van der Waals surface area contributed by atoms with Gasteiger partial charge in [-0.05, 0) is 30.9 Å². The zero-order chi connectivity index (χ0) is 14.1. The summed E-state index contributed by atoms with van der Waals surface area (Å²) in [4.78, 5) is 11.6. The predicted octanol–water partition coefficient (Wildman–Crippen LogP) is 3.78. The van der Waals surface area contributed by atoms with Gasteiger partial charge in [-0.3, -0.25) is 4.79 Å². The average molecular weight is 268 g/mol. The van der Waals surface area contributed by atoms with Crippen molar-refractivity contribution >= 4 is 5.97 Å². The highest BCUT2D eigenvalue weighted by Gasteiger charge is 2.43. The lowest BCUT2D eigenvalue weighted by atomic mass is 9.78. The van der Waals surface area contributed by atoms with Crippen LogP contribution in [0.15, 0.2) is 24.3 Å². The highest BCUT2D eigenvalue weighted by atomic mass is 19.3. The third kappa shape index (κ3) is 2.94. The van der Waals surface area contributed by atoms with Crippen molar-refractivity contribution in [2.45, 2.75) is 50.4 Å². The first-order valence-corrected chi connectivity index (χ1v) is 6.54. The Hall–Kier alpha value is -1.45. The van der Waals surface area contributed by atoms with Crippen molar-refractivity contribution in [1.82, 2.24) is 0 Å². The maximum absolute atomic E-state index is 13.1. The topological polar surface area (TPSA) is 37.3 Å². The van der Waals surface area contributed by atoms with Crippen molar-refractivity contribution in [2.24, 2.45) is 0 Å². The van der Waals surface area contributed by atoms with E-state index < -0.39 is 17.3 Å². The lowest BCUT2D eigenvalue weighted by molar-refractivity contribution is -0.143. The molecule has 0 spiro atoms. The van der Waals surface area contributed by atoms with Crippen LogP contribution in [0.1, 0.15) is 43.7 Å². The summed E-state index contributed by atoms with van der Waals surface area (Å²) in [6.07, 6.45) is 2.58. The Morgan fingerprint density at radius 2 is 2.00 bits per heavy atom. The minimum absolute atomic E-state index is 0.351. The molecule has 0 aliphatic heterocycles. The van der Waals surface area contributed by atoms with Gasteiger partial charge in [-0.25, -0.2) is 8.78 Å². The molecular weight excluding hydrogens is 250 g/mol. The molecule has 1 aromatic rings. The molecule has 2 rings (SSSR count). The Kier molecular flexibility index (Phi) is 3.61. The summed E-state index contributed by atoms with van der Waals surface area (Å²) in [6, 6.07) is 6.69. The number of carboxylic acids is 1. The monoisotopic (exact) mass is 268 g/mol. The Balaban J connectivity index is 2.34. The van der Waals surface area contributed by atoms with Crippen LogP contribution in [0, 0.1) is 0 Å². The van der Waals surface area contributed by atoms with E-state index in [1.807, 2.05) is 0 Å². The first kappa shape index (κ1) is 14.0. The van der Waals surface area contributed by atoms with E-state index in [-0.39, 0.29) is 6.42 Å². The molecule has 0 saturated heterocycles. The minimum atomic E-state index is -2.77. The van der Waals surface area contributed by atoms with Crippen LogP contribution in [-0.2, 0) is 16.6 Å². The van der Waals surface area contributed by atoms with Gasteiger partial charge in [0.2, 0.25) is 5.92 Å². The van der Waals surface area contributed by atoms with E-state index in [4.69, 9.17) is 0 Å². The molecule has 4 heteroatoms. The van der Waals surface area contributed by atoms with Crippen LogP contribution in [-0.4, -0.2) is 17.0 Å². The van der Waals surface area contributed by atoms with Gasteiger partial charge < -0.3 is 5.11 Å². The first-order chi connectivity index (χ1) is 8.83. The molecule has 104 valence electrons. The zero-order valence-corrected chi connectivity index (χ0v) is 11.0. The molecule has 1 aromatic carbocycles. The third-order valence-electron chi connectivity index (χ3n) is 3.86. The number of halogens is 2. The third-order valence-corrected chi connectivity index (χ3v) is 3.86. The van der Waals surface area contributed by atoms with Crippen LogP contribution >= 0.6 is 0 Å². The lowest BCUT2D eigenvalue weighted by Gasteiger charge is -2.25. The molecule has 0 atom stereocenters. The molecule has 1 aliphatic rings. The molecule has 1 fully saturated rings. The summed E-state index contributed by atoms with van der Waals surface area (Å²) in [6.45, 7) is 0.877. The molecule has 1 N–H and O–H groups in total. The summed E-state index contributed by atoms with van der Waals surface area (Å²) in [5.74, 6) is -3.62. The van der Waals surface area contributed by atoms with Crippen LogP contribution in [0.3, 0.4) is 0 Å². The fraction of sp³-hybridized carbons (Fsp3) is 0.533. The SMILES string of the molecule is CC(F)(F)Cc1cccc(C2(C(=O)O)CCCC2)c1. The van der Waals surface area contributed by atoms with Crippen LogP contribution in [0.5, 0.6) is 0 Å². The maximum atomic E-state index is 13.1. The molecule has 0 unspecified atom stereocenters. The van der Waals surface area contributed by atoms with Gasteiger partial charge in [-0.1, -0.05) is 37.1 Å². The predicted molar refractivity (Wildman–Crippen MR) is 68.5 cm³/mol. The molecule has 1 aliphatic carbocycles. The normalized spacial score (nSPS) is 18.5. The van der Waals surface area contributed by atoms with Gasteiger partial charge in [0.25, 0.3) is 0 Å². The largest absolute Gasteiger partial charge is 0.481 e. The molecule has 2 nitrogen and oxygen atoms in total. The van der Waals surface area contributed by atoms with Crippen LogP contribution in [0.25, 0.3) is 0 Å². The van der Waals surface area contributed by atoms with Crippen LogP contribution in [0.4, 0.5) is 8.78 Å². The van der Waals surface area contributed by atoms with E-state index in [1.165, 1.54) is 0 Å². The second-order valence-electron chi connectivity index (χ2n) is 5.54. The van der Waals surface area contributed by atoms with E-state index in [2.05, 4.69) is 0 Å². The highest BCUT2D eigenvalue weighted by molar-refractivity contribution is 5.81. The van der Waals surface area contributed by atoms with Gasteiger partial charge in [-0.2, -0.15) is 0 Å². The van der Waals surface area contributed by atoms with Gasteiger partial charge in [-0.15, -0.1) is 0 Å². The number of hydrogen-bond donors (Lipinski definition) is 1. The van der Waals surface area contributed by atoms with E-state index >= 15 is 0 Å². The second kappa shape index (κ2) is 4.91. The lowest BCUT2D eigenvalue weighted by Crippen LogP contribution is -2.32. The number of rotatable bonds is 4. The Labute approximate surface area is 111 Å². The van der Waals surface area contributed by atoms with E-state index in [1.54, 1.807) is 24.3 Å². The van der Waals surface area contributed by atoms with Gasteiger partial charge >= 0.3 is 5.97 Å². The summed E-state index contributed by atoms with van der Waals surface area (Å²) >= 11 is 0.